The fraction of sp³-hybridized carbons (Fsp3) is 0.455. The highest BCUT2D eigenvalue weighted by molar-refractivity contribution is 5.62. The van der Waals surface area contributed by atoms with Crippen molar-refractivity contribution in [2.45, 2.75) is 20.3 Å². The number of ether oxygens (including phenoxy) is 1. The Labute approximate surface area is 104 Å². The molecule has 0 aromatic heterocycles. The van der Waals surface area contributed by atoms with E-state index in [2.05, 4.69) is 0 Å². The van der Waals surface area contributed by atoms with Crippen molar-refractivity contribution in [3.05, 3.63) is 37.9 Å². The first-order valence-corrected chi connectivity index (χ1v) is 5.36. The van der Waals surface area contributed by atoms with Gasteiger partial charge >= 0.3 is 11.4 Å². The van der Waals surface area contributed by atoms with Crippen LogP contribution in [0.15, 0.2) is 12.1 Å². The summed E-state index contributed by atoms with van der Waals surface area (Å²) < 4.78 is 4.78. The van der Waals surface area contributed by atoms with E-state index >= 15 is 0 Å². The van der Waals surface area contributed by atoms with E-state index in [0.29, 0.717) is 12.0 Å². The van der Waals surface area contributed by atoms with Crippen LogP contribution in [0, 0.1) is 26.1 Å². The molecule has 0 aliphatic heterocycles. The minimum absolute atomic E-state index is 0.248. The molecular weight excluding hydrogens is 240 g/mol. The molecule has 0 aliphatic rings. The van der Waals surface area contributed by atoms with Crippen LogP contribution in [0.3, 0.4) is 0 Å². The molecule has 0 bridgehead atoms. The number of rotatable bonds is 5. The Kier molecular flexibility index (Phi) is 4.19. The van der Waals surface area contributed by atoms with Crippen LogP contribution >= 0.6 is 0 Å². The van der Waals surface area contributed by atoms with Crippen LogP contribution in [-0.4, -0.2) is 17.0 Å². The zero-order valence-electron chi connectivity index (χ0n) is 10.4. The van der Waals surface area contributed by atoms with Gasteiger partial charge in [0.05, 0.1) is 17.0 Å². The summed E-state index contributed by atoms with van der Waals surface area (Å²) >= 11 is 0. The van der Waals surface area contributed by atoms with Gasteiger partial charge in [0.1, 0.15) is 0 Å². The highest BCUT2D eigenvalue weighted by Gasteiger charge is 2.27. The predicted molar refractivity (Wildman–Crippen MR) is 64.8 cm³/mol. The number of nitro benzene ring substituents is 2. The molecule has 0 heterocycles. The zero-order chi connectivity index (χ0) is 13.9. The highest BCUT2D eigenvalue weighted by atomic mass is 16.6. The van der Waals surface area contributed by atoms with Crippen molar-refractivity contribution in [1.29, 1.82) is 0 Å². The average Bonchev–Trinajstić information content (AvgIpc) is 2.26. The molecule has 1 aromatic carbocycles. The monoisotopic (exact) mass is 254 g/mol. The molecule has 0 unspecified atom stereocenters. The van der Waals surface area contributed by atoms with Crippen LogP contribution in [0.5, 0.6) is 5.75 Å². The molecule has 0 atom stereocenters. The predicted octanol–water partition coefficient (Wildman–Crippen LogP) is 2.71. The maximum atomic E-state index is 10.9. The summed E-state index contributed by atoms with van der Waals surface area (Å²) in [6.07, 6.45) is 0.533. The van der Waals surface area contributed by atoms with Crippen LogP contribution in [0.1, 0.15) is 19.4 Å². The van der Waals surface area contributed by atoms with Crippen molar-refractivity contribution < 1.29 is 14.6 Å². The third kappa shape index (κ3) is 2.93. The second-order valence-electron chi connectivity index (χ2n) is 4.28. The van der Waals surface area contributed by atoms with Gasteiger partial charge in [-0.3, -0.25) is 20.2 Å². The molecule has 0 aliphatic carbocycles. The lowest BCUT2D eigenvalue weighted by molar-refractivity contribution is -0.395. The lowest BCUT2D eigenvalue weighted by atomic mass is 10.0. The third-order valence-electron chi connectivity index (χ3n) is 2.35. The SMILES string of the molecule is COc1c([N+](=O)[O-])cc(CC(C)C)cc1[N+](=O)[O-]. The lowest BCUT2D eigenvalue weighted by Crippen LogP contribution is -2.02. The highest BCUT2D eigenvalue weighted by Crippen LogP contribution is 2.38. The Hall–Kier alpha value is -2.18. The Bertz CT molecular complexity index is 449. The zero-order valence-corrected chi connectivity index (χ0v) is 10.4. The summed E-state index contributed by atoms with van der Waals surface area (Å²) in [6, 6.07) is 2.65. The molecule has 18 heavy (non-hydrogen) atoms. The Balaban J connectivity index is 3.43. The van der Waals surface area contributed by atoms with Gasteiger partial charge in [-0.25, -0.2) is 0 Å². The van der Waals surface area contributed by atoms with Crippen LogP contribution in [0.4, 0.5) is 11.4 Å². The molecular formula is C11H14N2O5. The van der Waals surface area contributed by atoms with Gasteiger partial charge in [-0.2, -0.15) is 0 Å². The van der Waals surface area contributed by atoms with Gasteiger partial charge in [0.15, 0.2) is 0 Å². The third-order valence-corrected chi connectivity index (χ3v) is 2.35. The smallest absolute Gasteiger partial charge is 0.318 e. The summed E-state index contributed by atoms with van der Waals surface area (Å²) in [4.78, 5) is 20.5. The van der Waals surface area contributed by atoms with E-state index in [1.54, 1.807) is 0 Å². The first-order chi connectivity index (χ1) is 8.36. The summed E-state index contributed by atoms with van der Waals surface area (Å²) in [5.74, 6) is -0.0601. The van der Waals surface area contributed by atoms with Crippen molar-refractivity contribution in [3.63, 3.8) is 0 Å². The van der Waals surface area contributed by atoms with E-state index in [0.717, 1.165) is 0 Å². The molecule has 0 radical (unpaired) electrons. The second kappa shape index (κ2) is 5.44. The Morgan fingerprint density at radius 2 is 1.61 bits per heavy atom. The van der Waals surface area contributed by atoms with Crippen LogP contribution in [0.25, 0.3) is 0 Å². The summed E-state index contributed by atoms with van der Waals surface area (Å²) in [6.45, 7) is 3.86. The van der Waals surface area contributed by atoms with Crippen molar-refractivity contribution in [2.75, 3.05) is 7.11 Å². The summed E-state index contributed by atoms with van der Waals surface area (Å²) in [5.41, 5.74) is -0.186. The largest absolute Gasteiger partial charge is 0.485 e. The molecule has 0 N–H and O–H groups in total. The van der Waals surface area contributed by atoms with Crippen LogP contribution in [-0.2, 0) is 6.42 Å². The summed E-state index contributed by atoms with van der Waals surface area (Å²) in [7, 11) is 1.18. The van der Waals surface area contributed by atoms with Crippen LogP contribution in [0.2, 0.25) is 0 Å². The quantitative estimate of drug-likeness (QED) is 0.594. The number of hydrogen-bond acceptors (Lipinski definition) is 5. The molecule has 7 nitrogen and oxygen atoms in total. The number of methoxy groups -OCH3 is 1. The molecule has 7 heteroatoms. The maximum absolute atomic E-state index is 10.9. The number of benzene rings is 1. The van der Waals surface area contributed by atoms with Gasteiger partial charge in [-0.15, -0.1) is 0 Å². The van der Waals surface area contributed by atoms with Gasteiger partial charge in [-0.1, -0.05) is 13.8 Å². The van der Waals surface area contributed by atoms with Gasteiger partial charge in [0.2, 0.25) is 0 Å². The van der Waals surface area contributed by atoms with Gasteiger partial charge in [-0.05, 0) is 17.9 Å². The topological polar surface area (TPSA) is 95.5 Å². The van der Waals surface area contributed by atoms with E-state index in [9.17, 15) is 20.2 Å². The Morgan fingerprint density at radius 1 is 1.17 bits per heavy atom. The molecule has 98 valence electrons. The minimum Gasteiger partial charge on any atom is -0.485 e. The van der Waals surface area contributed by atoms with Gasteiger partial charge in [0.25, 0.3) is 5.75 Å². The van der Waals surface area contributed by atoms with E-state index in [1.807, 2.05) is 13.8 Å². The lowest BCUT2D eigenvalue weighted by Gasteiger charge is -2.08. The van der Waals surface area contributed by atoms with E-state index in [1.165, 1.54) is 19.2 Å². The van der Waals surface area contributed by atoms with E-state index < -0.39 is 9.85 Å². The van der Waals surface area contributed by atoms with Crippen molar-refractivity contribution in [2.24, 2.45) is 5.92 Å². The normalized spacial score (nSPS) is 10.4. The first kappa shape index (κ1) is 13.9. The Morgan fingerprint density at radius 3 is 1.89 bits per heavy atom. The van der Waals surface area contributed by atoms with E-state index in [-0.39, 0.29) is 23.0 Å². The van der Waals surface area contributed by atoms with E-state index in [4.69, 9.17) is 4.74 Å². The standard InChI is InChI=1S/C11H14N2O5/c1-7(2)4-8-5-9(12(14)15)11(18-3)10(6-8)13(16)17/h5-7H,4H2,1-3H3. The second-order valence-corrected chi connectivity index (χ2v) is 4.28. The maximum Gasteiger partial charge on any atom is 0.318 e. The van der Waals surface area contributed by atoms with Gasteiger partial charge < -0.3 is 4.74 Å². The molecule has 1 rings (SSSR count). The molecule has 0 saturated heterocycles. The molecule has 0 fully saturated rings. The van der Waals surface area contributed by atoms with Crippen molar-refractivity contribution in [3.8, 4) is 5.75 Å². The molecule has 0 spiro atoms. The van der Waals surface area contributed by atoms with Crippen molar-refractivity contribution in [1.82, 2.24) is 0 Å². The molecule has 1 aromatic rings. The fourth-order valence-electron chi connectivity index (χ4n) is 1.72. The number of nitrogens with zero attached hydrogens (tertiary/aromatic N) is 2. The number of hydrogen-bond donors (Lipinski definition) is 0. The first-order valence-electron chi connectivity index (χ1n) is 5.36. The van der Waals surface area contributed by atoms with Crippen molar-refractivity contribution >= 4 is 11.4 Å². The molecule has 0 saturated carbocycles. The van der Waals surface area contributed by atoms with Crippen LogP contribution < -0.4 is 4.74 Å². The number of nitro groups is 2. The fourth-order valence-corrected chi connectivity index (χ4v) is 1.72. The summed E-state index contributed by atoms with van der Waals surface area (Å²) in [5, 5.41) is 21.8. The van der Waals surface area contributed by atoms with Gasteiger partial charge in [0, 0.05) is 12.1 Å². The molecule has 0 amide bonds. The minimum atomic E-state index is -0.671. The average molecular weight is 254 g/mol.